The fraction of sp³-hybridized carbons (Fsp3) is 0.333. The molecule has 0 atom stereocenters. The van der Waals surface area contributed by atoms with Gasteiger partial charge in [0.25, 0.3) is 5.56 Å². The number of hydrogen-bond donors (Lipinski definition) is 5. The van der Waals surface area contributed by atoms with E-state index in [2.05, 4.69) is 37.5 Å². The number of anilines is 2. The van der Waals surface area contributed by atoms with Crippen LogP contribution in [0.1, 0.15) is 44.6 Å². The van der Waals surface area contributed by atoms with Crippen molar-refractivity contribution in [1.29, 1.82) is 0 Å². The van der Waals surface area contributed by atoms with Crippen molar-refractivity contribution in [2.75, 3.05) is 43.9 Å². The number of aliphatic hydroxyl groups is 1. The quantitative estimate of drug-likeness (QED) is 0.0732. The summed E-state index contributed by atoms with van der Waals surface area (Å²) in [6.45, 7) is 8.94. The molecule has 2 aromatic heterocycles. The summed E-state index contributed by atoms with van der Waals surface area (Å²) in [6, 6.07) is 13.7. The molecule has 0 unspecified atom stereocenters. The van der Waals surface area contributed by atoms with Crippen LogP contribution in [0.15, 0.2) is 72.3 Å². The molecule has 2 amide bonds. The highest BCUT2D eigenvalue weighted by Gasteiger charge is 2.16. The molecule has 4 aromatic rings. The number of benzene rings is 2. The summed E-state index contributed by atoms with van der Waals surface area (Å²) in [5.74, 6) is 0.108. The number of nitrogens with one attached hydrogen (secondary N) is 3. The Kier molecular flexibility index (Phi) is 14.0. The lowest BCUT2D eigenvalue weighted by Crippen LogP contribution is -2.29. The molecule has 2 heterocycles. The number of pyridine rings is 1. The molecule has 5 N–H and O–H groups in total. The monoisotopic (exact) mass is 707 g/mol. The minimum absolute atomic E-state index is 0.0173. The first-order valence-electron chi connectivity index (χ1n) is 16.3. The number of rotatable bonds is 17. The zero-order valence-corrected chi connectivity index (χ0v) is 29.3. The number of likely N-dealkylation sites (N-methyl/N-ethyl adjacent to an activating group) is 1. The van der Waals surface area contributed by atoms with Gasteiger partial charge in [-0.05, 0) is 74.8 Å². The normalized spacial score (nSPS) is 11.1. The van der Waals surface area contributed by atoms with E-state index in [0.717, 1.165) is 67.6 Å². The van der Waals surface area contributed by atoms with Crippen LogP contribution in [-0.2, 0) is 6.54 Å². The van der Waals surface area contributed by atoms with E-state index in [0.29, 0.717) is 17.8 Å². The number of aliphatic hydroxyl groups excluding tert-OH is 1. The maximum Gasteiger partial charge on any atom is 0.323 e. The van der Waals surface area contributed by atoms with Crippen LogP contribution in [-0.4, -0.2) is 69.2 Å². The number of carbonyl (C=O) groups excluding carboxylic acids is 1. The highest BCUT2D eigenvalue weighted by atomic mass is 35.5. The van der Waals surface area contributed by atoms with Crippen LogP contribution in [0.25, 0.3) is 28.1 Å². The summed E-state index contributed by atoms with van der Waals surface area (Å²) in [5.41, 5.74) is 3.96. The van der Waals surface area contributed by atoms with Gasteiger partial charge >= 0.3 is 6.03 Å². The first kappa shape index (κ1) is 37.4. The Labute approximate surface area is 296 Å². The van der Waals surface area contributed by atoms with E-state index in [9.17, 15) is 14.7 Å². The third-order valence-corrected chi connectivity index (χ3v) is 8.48. The molecule has 0 bridgehead atoms. The number of phenolic OH excluding ortho intramolecular Hbond substituents is 1. The second kappa shape index (κ2) is 18.4. The average molecular weight is 709 g/mol. The van der Waals surface area contributed by atoms with Crippen LogP contribution in [0.4, 0.5) is 16.2 Å². The van der Waals surface area contributed by atoms with Gasteiger partial charge in [-0.3, -0.25) is 9.78 Å². The van der Waals surface area contributed by atoms with Crippen molar-refractivity contribution < 1.29 is 15.0 Å². The van der Waals surface area contributed by atoms with E-state index in [1.807, 2.05) is 37.4 Å². The highest BCUT2D eigenvalue weighted by Crippen LogP contribution is 2.31. The van der Waals surface area contributed by atoms with Crippen molar-refractivity contribution in [3.8, 4) is 28.1 Å². The Bertz CT molecular complexity index is 1790. The van der Waals surface area contributed by atoms with Gasteiger partial charge in [-0.1, -0.05) is 67.2 Å². The summed E-state index contributed by atoms with van der Waals surface area (Å²) in [6.07, 6.45) is 8.24. The third-order valence-electron chi connectivity index (χ3n) is 7.91. The third kappa shape index (κ3) is 10.8. The van der Waals surface area contributed by atoms with Crippen LogP contribution >= 0.6 is 23.2 Å². The van der Waals surface area contributed by atoms with Crippen molar-refractivity contribution in [3.05, 3.63) is 93.5 Å². The minimum Gasteiger partial charge on any atom is -0.508 e. The highest BCUT2D eigenvalue weighted by molar-refractivity contribution is 6.39. The molecule has 4 rings (SSSR count). The predicted octanol–water partition coefficient (Wildman–Crippen LogP) is 7.08. The molecule has 0 saturated heterocycles. The SMILES string of the molecule is C=C(NCCCCCCCN(C)CCO)c1cc(O)cc(-c2cccc(-c3cc(NC(=O)Nc4c(Cl)cncc4Cl)c(=O)n(CC)n3)c2)c1. The molecule has 260 valence electrons. The van der Waals surface area contributed by atoms with E-state index < -0.39 is 11.6 Å². The number of unbranched alkanes of at least 4 members (excludes halogenated alkanes) is 4. The molecule has 0 saturated carbocycles. The number of carbonyl (C=O) groups is 1. The number of aromatic hydroxyl groups is 1. The number of amides is 2. The lowest BCUT2D eigenvalue weighted by atomic mass is 9.98. The van der Waals surface area contributed by atoms with Gasteiger partial charge in [0.05, 0.1) is 28.0 Å². The number of aryl methyl sites for hydroxylation is 1. The number of hydrogen-bond acceptors (Lipinski definition) is 8. The standard InChI is InChI=1S/C36H43Cl2N7O4/c1-4-45-35(48)33(41-36(49)42-34-30(37)22-39-23-31(34)38)21-32(43-45)26-12-10-11-25(17-26)28-18-27(19-29(47)20-28)24(2)40-13-8-6-5-7-9-14-44(3)15-16-46/h10-12,17-23,40,46-47H,2,4-9,13-16H2,1,3H3,(H2,39,41,42,49). The van der Waals surface area contributed by atoms with Crippen LogP contribution < -0.4 is 21.5 Å². The van der Waals surface area contributed by atoms with E-state index in [1.165, 1.54) is 23.1 Å². The summed E-state index contributed by atoms with van der Waals surface area (Å²) in [7, 11) is 2.03. The van der Waals surface area contributed by atoms with E-state index in [1.54, 1.807) is 19.1 Å². The largest absolute Gasteiger partial charge is 0.508 e. The maximum atomic E-state index is 13.1. The van der Waals surface area contributed by atoms with Crippen LogP contribution in [0.2, 0.25) is 10.0 Å². The van der Waals surface area contributed by atoms with Gasteiger partial charge < -0.3 is 31.1 Å². The topological polar surface area (TPSA) is 145 Å². The molecular formula is C36H43Cl2N7O4. The Morgan fingerprint density at radius 2 is 1.65 bits per heavy atom. The summed E-state index contributed by atoms with van der Waals surface area (Å²) < 4.78 is 1.27. The van der Waals surface area contributed by atoms with Gasteiger partial charge in [-0.15, -0.1) is 0 Å². The number of halogens is 2. The van der Waals surface area contributed by atoms with Gasteiger partial charge in [0.15, 0.2) is 0 Å². The molecule has 0 aliphatic rings. The fourth-order valence-corrected chi connectivity index (χ4v) is 5.71. The molecule has 0 aliphatic carbocycles. The van der Waals surface area contributed by atoms with E-state index in [-0.39, 0.29) is 40.3 Å². The minimum atomic E-state index is -0.708. The number of aromatic nitrogens is 3. The molecule has 11 nitrogen and oxygen atoms in total. The summed E-state index contributed by atoms with van der Waals surface area (Å²) >= 11 is 12.3. The first-order valence-corrected chi connectivity index (χ1v) is 17.0. The van der Waals surface area contributed by atoms with Gasteiger partial charge in [0.2, 0.25) is 0 Å². The molecule has 0 fully saturated rings. The summed E-state index contributed by atoms with van der Waals surface area (Å²) in [5, 5.41) is 33.0. The smallest absolute Gasteiger partial charge is 0.323 e. The molecule has 0 radical (unpaired) electrons. The Hall–Kier alpha value is -4.42. The molecule has 0 aliphatic heterocycles. The van der Waals surface area contributed by atoms with Gasteiger partial charge in [-0.2, -0.15) is 5.10 Å². The number of nitrogens with zero attached hydrogens (tertiary/aromatic N) is 4. The average Bonchev–Trinajstić information content (AvgIpc) is 3.08. The van der Waals surface area contributed by atoms with Crippen molar-refractivity contribution in [1.82, 2.24) is 25.0 Å². The maximum absolute atomic E-state index is 13.1. The first-order chi connectivity index (χ1) is 23.6. The lowest BCUT2D eigenvalue weighted by molar-refractivity contribution is 0.219. The van der Waals surface area contributed by atoms with Crippen LogP contribution in [0.3, 0.4) is 0 Å². The van der Waals surface area contributed by atoms with Gasteiger partial charge in [0, 0.05) is 48.9 Å². The second-order valence-corrected chi connectivity index (χ2v) is 12.5. The van der Waals surface area contributed by atoms with Crippen molar-refractivity contribution in [2.24, 2.45) is 0 Å². The second-order valence-electron chi connectivity index (χ2n) is 11.7. The molecular weight excluding hydrogens is 665 g/mol. The fourth-order valence-electron chi connectivity index (χ4n) is 5.26. The number of phenols is 1. The van der Waals surface area contributed by atoms with E-state index >= 15 is 0 Å². The molecule has 2 aromatic carbocycles. The molecule has 13 heteroatoms. The Balaban J connectivity index is 1.44. The summed E-state index contributed by atoms with van der Waals surface area (Å²) in [4.78, 5) is 31.9. The molecule has 49 heavy (non-hydrogen) atoms. The zero-order valence-electron chi connectivity index (χ0n) is 27.8. The number of urea groups is 1. The zero-order chi connectivity index (χ0) is 35.3. The van der Waals surface area contributed by atoms with E-state index in [4.69, 9.17) is 28.3 Å². The van der Waals surface area contributed by atoms with Gasteiger partial charge in [0.1, 0.15) is 11.4 Å². The van der Waals surface area contributed by atoms with Crippen molar-refractivity contribution >= 4 is 46.3 Å². The lowest BCUT2D eigenvalue weighted by Gasteiger charge is -2.15. The van der Waals surface area contributed by atoms with Crippen LogP contribution in [0.5, 0.6) is 5.75 Å². The Morgan fingerprint density at radius 3 is 2.39 bits per heavy atom. The Morgan fingerprint density at radius 1 is 0.939 bits per heavy atom. The predicted molar refractivity (Wildman–Crippen MR) is 198 cm³/mol. The van der Waals surface area contributed by atoms with Crippen molar-refractivity contribution in [3.63, 3.8) is 0 Å². The van der Waals surface area contributed by atoms with Crippen LogP contribution in [0, 0.1) is 0 Å². The van der Waals surface area contributed by atoms with Crippen molar-refractivity contribution in [2.45, 2.75) is 45.6 Å². The van der Waals surface area contributed by atoms with Gasteiger partial charge in [-0.25, -0.2) is 9.48 Å². The molecule has 0 spiro atoms.